The fourth-order valence-electron chi connectivity index (χ4n) is 2.14. The molecule has 0 bridgehead atoms. The second-order valence-corrected chi connectivity index (χ2v) is 5.36. The number of hydrogen-bond acceptors (Lipinski definition) is 3. The highest BCUT2D eigenvalue weighted by Gasteiger charge is 2.11. The summed E-state index contributed by atoms with van der Waals surface area (Å²) in [4.78, 5) is 23.4. The van der Waals surface area contributed by atoms with Gasteiger partial charge in [0.15, 0.2) is 0 Å². The summed E-state index contributed by atoms with van der Waals surface area (Å²) in [6, 6.07) is 9.24. The molecule has 0 aromatic heterocycles. The molecule has 0 unspecified atom stereocenters. The third-order valence-electron chi connectivity index (χ3n) is 3.37. The smallest absolute Gasteiger partial charge is 0.337 e. The maximum absolute atomic E-state index is 11.7. The number of amides is 1. The van der Waals surface area contributed by atoms with Crippen LogP contribution in [0.5, 0.6) is 0 Å². The number of carbonyl (C=O) groups excluding carboxylic acids is 2. The van der Waals surface area contributed by atoms with E-state index in [4.69, 9.17) is 4.74 Å². The van der Waals surface area contributed by atoms with Crippen molar-refractivity contribution < 1.29 is 14.3 Å². The summed E-state index contributed by atoms with van der Waals surface area (Å²) in [5.74, 6) is -0.432. The normalized spacial score (nSPS) is 10.7. The molecular weight excluding hydrogens is 266 g/mol. The summed E-state index contributed by atoms with van der Waals surface area (Å²) in [6.07, 6.45) is 0. The van der Waals surface area contributed by atoms with Crippen LogP contribution in [0.4, 0.5) is 5.69 Å². The van der Waals surface area contributed by atoms with Crippen molar-refractivity contribution in [1.82, 2.24) is 0 Å². The number of anilines is 1. The number of rotatable bonds is 3. The van der Waals surface area contributed by atoms with Gasteiger partial charge < -0.3 is 10.1 Å². The van der Waals surface area contributed by atoms with E-state index in [1.54, 1.807) is 12.1 Å². The Hall–Kier alpha value is -2.36. The number of hydrogen-bond donors (Lipinski definition) is 1. The van der Waals surface area contributed by atoms with Crippen LogP contribution in [-0.4, -0.2) is 19.0 Å². The standard InChI is InChI=1S/C17H19NO3/c1-10(2)16(19)18-14-6-5-12-8-13(17(20)21-4)7-11(3)15(12)9-14/h5-10H,1-4H3,(H,18,19). The molecule has 2 rings (SSSR count). The van der Waals surface area contributed by atoms with Crippen LogP contribution in [0.15, 0.2) is 30.3 Å². The number of esters is 1. The maximum Gasteiger partial charge on any atom is 0.337 e. The zero-order chi connectivity index (χ0) is 15.6. The quantitative estimate of drug-likeness (QED) is 0.878. The Balaban J connectivity index is 2.42. The fraction of sp³-hybridized carbons (Fsp3) is 0.294. The molecule has 0 radical (unpaired) electrons. The predicted octanol–water partition coefficient (Wildman–Crippen LogP) is 3.53. The number of benzene rings is 2. The van der Waals surface area contributed by atoms with Crippen LogP contribution in [0.1, 0.15) is 29.8 Å². The Labute approximate surface area is 124 Å². The highest BCUT2D eigenvalue weighted by atomic mass is 16.5. The van der Waals surface area contributed by atoms with Gasteiger partial charge in [0.05, 0.1) is 12.7 Å². The van der Waals surface area contributed by atoms with E-state index in [0.29, 0.717) is 5.56 Å². The number of aryl methyl sites for hydroxylation is 1. The Morgan fingerprint density at radius 3 is 2.48 bits per heavy atom. The van der Waals surface area contributed by atoms with Gasteiger partial charge in [0.2, 0.25) is 5.91 Å². The first kappa shape index (κ1) is 15.0. The Kier molecular flexibility index (Phi) is 4.26. The van der Waals surface area contributed by atoms with E-state index in [1.165, 1.54) is 7.11 Å². The van der Waals surface area contributed by atoms with Gasteiger partial charge in [-0.2, -0.15) is 0 Å². The molecule has 0 aliphatic carbocycles. The molecule has 1 amide bonds. The van der Waals surface area contributed by atoms with E-state index >= 15 is 0 Å². The van der Waals surface area contributed by atoms with Crippen molar-refractivity contribution in [2.45, 2.75) is 20.8 Å². The van der Waals surface area contributed by atoms with Gasteiger partial charge in [-0.05, 0) is 47.5 Å². The van der Waals surface area contributed by atoms with Gasteiger partial charge >= 0.3 is 5.97 Å². The number of ether oxygens (including phenoxy) is 1. The highest BCUT2D eigenvalue weighted by Crippen LogP contribution is 2.25. The van der Waals surface area contributed by atoms with Crippen molar-refractivity contribution in [2.24, 2.45) is 5.92 Å². The van der Waals surface area contributed by atoms with Gasteiger partial charge in [0, 0.05) is 11.6 Å². The van der Waals surface area contributed by atoms with Crippen LogP contribution in [0.3, 0.4) is 0 Å². The van der Waals surface area contributed by atoms with E-state index in [-0.39, 0.29) is 17.8 Å². The lowest BCUT2D eigenvalue weighted by molar-refractivity contribution is -0.118. The van der Waals surface area contributed by atoms with Crippen molar-refractivity contribution in [3.05, 3.63) is 41.5 Å². The molecule has 0 atom stereocenters. The fourth-order valence-corrected chi connectivity index (χ4v) is 2.14. The van der Waals surface area contributed by atoms with Crippen LogP contribution >= 0.6 is 0 Å². The molecule has 4 heteroatoms. The van der Waals surface area contributed by atoms with Crippen molar-refractivity contribution >= 4 is 28.3 Å². The van der Waals surface area contributed by atoms with Gasteiger partial charge in [-0.1, -0.05) is 19.9 Å². The average Bonchev–Trinajstić information content (AvgIpc) is 2.46. The van der Waals surface area contributed by atoms with Crippen molar-refractivity contribution in [3.8, 4) is 0 Å². The maximum atomic E-state index is 11.7. The molecule has 0 aliphatic rings. The lowest BCUT2D eigenvalue weighted by Gasteiger charge is -2.11. The van der Waals surface area contributed by atoms with E-state index in [1.807, 2.05) is 39.0 Å². The summed E-state index contributed by atoms with van der Waals surface area (Å²) in [7, 11) is 1.37. The molecular formula is C17H19NO3. The van der Waals surface area contributed by atoms with Crippen molar-refractivity contribution in [3.63, 3.8) is 0 Å². The summed E-state index contributed by atoms with van der Waals surface area (Å²) in [6.45, 7) is 5.64. The molecule has 0 spiro atoms. The van der Waals surface area contributed by atoms with Crippen LogP contribution in [0, 0.1) is 12.8 Å². The molecule has 0 saturated carbocycles. The molecule has 0 saturated heterocycles. The van der Waals surface area contributed by atoms with Gasteiger partial charge in [-0.25, -0.2) is 4.79 Å². The minimum absolute atomic E-state index is 0.0156. The molecule has 0 aliphatic heterocycles. The minimum Gasteiger partial charge on any atom is -0.465 e. The Bertz CT molecular complexity index is 704. The molecule has 0 fully saturated rings. The first-order chi connectivity index (χ1) is 9.92. The summed E-state index contributed by atoms with van der Waals surface area (Å²) in [5, 5.41) is 4.83. The summed E-state index contributed by atoms with van der Waals surface area (Å²) < 4.78 is 4.75. The van der Waals surface area contributed by atoms with Crippen molar-refractivity contribution in [1.29, 1.82) is 0 Å². The minimum atomic E-state index is -0.350. The van der Waals surface area contributed by atoms with Gasteiger partial charge in [0.25, 0.3) is 0 Å². The zero-order valence-electron chi connectivity index (χ0n) is 12.7. The Morgan fingerprint density at radius 1 is 1.14 bits per heavy atom. The first-order valence-corrected chi connectivity index (χ1v) is 6.86. The topological polar surface area (TPSA) is 55.4 Å². The van der Waals surface area contributed by atoms with Crippen LogP contribution < -0.4 is 5.32 Å². The largest absolute Gasteiger partial charge is 0.465 e. The van der Waals surface area contributed by atoms with E-state index in [2.05, 4.69) is 5.32 Å². The predicted molar refractivity (Wildman–Crippen MR) is 83.5 cm³/mol. The molecule has 2 aromatic carbocycles. The van der Waals surface area contributed by atoms with Gasteiger partial charge in [-0.15, -0.1) is 0 Å². The molecule has 4 nitrogen and oxygen atoms in total. The lowest BCUT2D eigenvalue weighted by atomic mass is 10.0. The zero-order valence-corrected chi connectivity index (χ0v) is 12.7. The number of nitrogens with one attached hydrogen (secondary N) is 1. The summed E-state index contributed by atoms with van der Waals surface area (Å²) in [5.41, 5.74) is 2.25. The van der Waals surface area contributed by atoms with Gasteiger partial charge in [-0.3, -0.25) is 4.79 Å². The van der Waals surface area contributed by atoms with Gasteiger partial charge in [0.1, 0.15) is 0 Å². The number of carbonyl (C=O) groups is 2. The van der Waals surface area contributed by atoms with E-state index in [9.17, 15) is 9.59 Å². The van der Waals surface area contributed by atoms with E-state index < -0.39 is 0 Å². The molecule has 0 heterocycles. The molecule has 110 valence electrons. The van der Waals surface area contributed by atoms with E-state index in [0.717, 1.165) is 22.0 Å². The number of fused-ring (bicyclic) bond motifs is 1. The lowest BCUT2D eigenvalue weighted by Crippen LogP contribution is -2.17. The monoisotopic (exact) mass is 285 g/mol. The van der Waals surface area contributed by atoms with Crippen molar-refractivity contribution in [2.75, 3.05) is 12.4 Å². The number of methoxy groups -OCH3 is 1. The molecule has 1 N–H and O–H groups in total. The SMILES string of the molecule is COC(=O)c1cc(C)c2cc(NC(=O)C(C)C)ccc2c1. The second kappa shape index (κ2) is 5.95. The second-order valence-electron chi connectivity index (χ2n) is 5.36. The third-order valence-corrected chi connectivity index (χ3v) is 3.37. The first-order valence-electron chi connectivity index (χ1n) is 6.86. The highest BCUT2D eigenvalue weighted by molar-refractivity contribution is 5.99. The van der Waals surface area contributed by atoms with Crippen LogP contribution in [0.25, 0.3) is 10.8 Å². The average molecular weight is 285 g/mol. The molecule has 2 aromatic rings. The van der Waals surface area contributed by atoms with Crippen LogP contribution in [0.2, 0.25) is 0 Å². The third kappa shape index (κ3) is 3.21. The van der Waals surface area contributed by atoms with Crippen LogP contribution in [-0.2, 0) is 9.53 Å². The molecule has 21 heavy (non-hydrogen) atoms. The summed E-state index contributed by atoms with van der Waals surface area (Å²) >= 11 is 0. The Morgan fingerprint density at radius 2 is 1.86 bits per heavy atom.